The van der Waals surface area contributed by atoms with E-state index in [1.54, 1.807) is 12.1 Å². The van der Waals surface area contributed by atoms with Crippen molar-refractivity contribution in [2.24, 2.45) is 0 Å². The van der Waals surface area contributed by atoms with E-state index in [0.717, 1.165) is 18.4 Å². The average Bonchev–Trinajstić information content (AvgIpc) is 2.44. The number of benzene rings is 1. The first-order chi connectivity index (χ1) is 10.0. The molecule has 0 amide bonds. The number of aryl methyl sites for hydroxylation is 1. The quantitative estimate of drug-likeness (QED) is 0.433. The van der Waals surface area contributed by atoms with E-state index in [2.05, 4.69) is 6.92 Å². The van der Waals surface area contributed by atoms with Gasteiger partial charge >= 0.3 is 10.1 Å². The van der Waals surface area contributed by atoms with Crippen LogP contribution in [0, 0.1) is 6.92 Å². The van der Waals surface area contributed by atoms with Crippen LogP contribution in [0.1, 0.15) is 63.9 Å². The molecule has 0 heterocycles. The van der Waals surface area contributed by atoms with Crippen molar-refractivity contribution >= 4 is 10.1 Å². The monoisotopic (exact) mass is 312 g/mol. The minimum atomic E-state index is -3.46. The fraction of sp³-hybridized carbons (Fsp3) is 0.647. The SMILES string of the molecule is CCCCCCCCCCS(=O)(=O)Oc1ccccc1C. The summed E-state index contributed by atoms with van der Waals surface area (Å²) in [6.07, 6.45) is 9.09. The number of hydrogen-bond acceptors (Lipinski definition) is 3. The van der Waals surface area contributed by atoms with Crippen molar-refractivity contribution in [3.8, 4) is 5.75 Å². The first kappa shape index (κ1) is 18.0. The maximum Gasteiger partial charge on any atom is 0.309 e. The van der Waals surface area contributed by atoms with Crippen LogP contribution in [0.15, 0.2) is 24.3 Å². The lowest BCUT2D eigenvalue weighted by Gasteiger charge is -2.09. The van der Waals surface area contributed by atoms with E-state index in [0.29, 0.717) is 12.2 Å². The molecule has 0 spiro atoms. The van der Waals surface area contributed by atoms with Crippen molar-refractivity contribution in [1.29, 1.82) is 0 Å². The Bertz CT molecular complexity index is 495. The second-order valence-corrected chi connectivity index (χ2v) is 7.28. The zero-order chi connectivity index (χ0) is 15.6. The predicted molar refractivity (Wildman–Crippen MR) is 88.2 cm³/mol. The van der Waals surface area contributed by atoms with Gasteiger partial charge in [0.2, 0.25) is 0 Å². The van der Waals surface area contributed by atoms with Crippen LogP contribution in [0.25, 0.3) is 0 Å². The van der Waals surface area contributed by atoms with Crippen LogP contribution in [-0.4, -0.2) is 14.2 Å². The molecular weight excluding hydrogens is 284 g/mol. The molecule has 21 heavy (non-hydrogen) atoms. The molecule has 0 aromatic heterocycles. The van der Waals surface area contributed by atoms with Crippen LogP contribution in [0.5, 0.6) is 5.75 Å². The summed E-state index contributed by atoms with van der Waals surface area (Å²) < 4.78 is 29.0. The molecule has 0 atom stereocenters. The molecule has 1 aromatic carbocycles. The van der Waals surface area contributed by atoms with Gasteiger partial charge in [0, 0.05) is 0 Å². The van der Waals surface area contributed by atoms with Crippen LogP contribution in [0.3, 0.4) is 0 Å². The van der Waals surface area contributed by atoms with E-state index >= 15 is 0 Å². The largest absolute Gasteiger partial charge is 0.382 e. The van der Waals surface area contributed by atoms with Gasteiger partial charge in [-0.25, -0.2) is 0 Å². The van der Waals surface area contributed by atoms with Gasteiger partial charge in [-0.3, -0.25) is 0 Å². The van der Waals surface area contributed by atoms with Crippen molar-refractivity contribution in [2.45, 2.75) is 65.2 Å². The van der Waals surface area contributed by atoms with Crippen molar-refractivity contribution in [1.82, 2.24) is 0 Å². The molecule has 120 valence electrons. The van der Waals surface area contributed by atoms with Gasteiger partial charge in [-0.1, -0.05) is 70.1 Å². The summed E-state index contributed by atoms with van der Waals surface area (Å²) in [5.74, 6) is 0.549. The highest BCUT2D eigenvalue weighted by molar-refractivity contribution is 7.87. The maximum absolute atomic E-state index is 11.9. The topological polar surface area (TPSA) is 43.4 Å². The Morgan fingerprint density at radius 1 is 0.905 bits per heavy atom. The smallest absolute Gasteiger partial charge is 0.309 e. The fourth-order valence-electron chi connectivity index (χ4n) is 2.24. The Morgan fingerprint density at radius 2 is 1.48 bits per heavy atom. The minimum Gasteiger partial charge on any atom is -0.382 e. The molecule has 0 saturated heterocycles. The molecule has 0 N–H and O–H groups in total. The van der Waals surface area contributed by atoms with Gasteiger partial charge < -0.3 is 4.18 Å². The summed E-state index contributed by atoms with van der Waals surface area (Å²) in [4.78, 5) is 0. The first-order valence-corrected chi connectivity index (χ1v) is 9.60. The van der Waals surface area contributed by atoms with Crippen LogP contribution >= 0.6 is 0 Å². The predicted octanol–water partition coefficient (Wildman–Crippen LogP) is 4.84. The van der Waals surface area contributed by atoms with Gasteiger partial charge in [0.15, 0.2) is 0 Å². The fourth-order valence-corrected chi connectivity index (χ4v) is 3.34. The van der Waals surface area contributed by atoms with Crippen molar-refractivity contribution in [2.75, 3.05) is 5.75 Å². The summed E-state index contributed by atoms with van der Waals surface area (Å²) in [5, 5.41) is 0. The zero-order valence-corrected chi connectivity index (χ0v) is 14.1. The van der Waals surface area contributed by atoms with Crippen molar-refractivity contribution < 1.29 is 12.6 Å². The molecule has 0 aliphatic carbocycles. The molecule has 0 saturated carbocycles. The van der Waals surface area contributed by atoms with Crippen molar-refractivity contribution in [3.63, 3.8) is 0 Å². The van der Waals surface area contributed by atoms with Crippen LogP contribution < -0.4 is 4.18 Å². The number of unbranched alkanes of at least 4 members (excludes halogenated alkanes) is 7. The third-order valence-corrected chi connectivity index (χ3v) is 4.78. The lowest BCUT2D eigenvalue weighted by molar-refractivity contribution is 0.479. The molecule has 1 aromatic rings. The summed E-state index contributed by atoms with van der Waals surface area (Å²) in [6.45, 7) is 4.06. The summed E-state index contributed by atoms with van der Waals surface area (Å²) in [5.41, 5.74) is 0.844. The summed E-state index contributed by atoms with van der Waals surface area (Å²) >= 11 is 0. The third kappa shape index (κ3) is 8.10. The Balaban J connectivity index is 2.20. The molecule has 0 bridgehead atoms. The Morgan fingerprint density at radius 3 is 2.10 bits per heavy atom. The van der Waals surface area contributed by atoms with Gasteiger partial charge in [0.05, 0.1) is 5.75 Å². The standard InChI is InChI=1S/C17H28O3S/c1-3-4-5-6-7-8-9-12-15-21(18,19)20-17-14-11-10-13-16(17)2/h10-11,13-14H,3-9,12,15H2,1-2H3. The molecule has 0 radical (unpaired) electrons. The van der Waals surface area contributed by atoms with Gasteiger partial charge in [0.25, 0.3) is 0 Å². The minimum absolute atomic E-state index is 0.107. The Hall–Kier alpha value is -1.03. The molecule has 0 unspecified atom stereocenters. The summed E-state index contributed by atoms with van der Waals surface area (Å²) in [6, 6.07) is 7.20. The van der Waals surface area contributed by atoms with E-state index in [1.165, 1.54) is 32.1 Å². The van der Waals surface area contributed by atoms with E-state index in [9.17, 15) is 8.42 Å². The molecular formula is C17H28O3S. The molecule has 0 aliphatic heterocycles. The molecule has 0 aliphatic rings. The zero-order valence-electron chi connectivity index (χ0n) is 13.3. The highest BCUT2D eigenvalue weighted by Crippen LogP contribution is 2.19. The molecule has 1 rings (SSSR count). The van der Waals surface area contributed by atoms with Crippen LogP contribution in [0.4, 0.5) is 0 Å². The Labute approximate surface area is 129 Å². The Kier molecular flexibility index (Phi) is 8.43. The van der Waals surface area contributed by atoms with Gasteiger partial charge in [0.1, 0.15) is 5.75 Å². The van der Waals surface area contributed by atoms with Gasteiger partial charge in [-0.05, 0) is 25.0 Å². The maximum atomic E-state index is 11.9. The second kappa shape index (κ2) is 9.82. The van der Waals surface area contributed by atoms with E-state index < -0.39 is 10.1 Å². The second-order valence-electron chi connectivity index (χ2n) is 5.59. The number of para-hydroxylation sites is 1. The third-order valence-electron chi connectivity index (χ3n) is 3.56. The first-order valence-electron chi connectivity index (χ1n) is 8.03. The lowest BCUT2D eigenvalue weighted by atomic mass is 10.1. The highest BCUT2D eigenvalue weighted by Gasteiger charge is 2.13. The van der Waals surface area contributed by atoms with Crippen LogP contribution in [-0.2, 0) is 10.1 Å². The van der Waals surface area contributed by atoms with E-state index in [1.807, 2.05) is 19.1 Å². The molecule has 3 nitrogen and oxygen atoms in total. The van der Waals surface area contributed by atoms with Gasteiger partial charge in [-0.2, -0.15) is 8.42 Å². The average molecular weight is 312 g/mol. The highest BCUT2D eigenvalue weighted by atomic mass is 32.2. The van der Waals surface area contributed by atoms with E-state index in [-0.39, 0.29) is 5.75 Å². The lowest BCUT2D eigenvalue weighted by Crippen LogP contribution is -2.14. The van der Waals surface area contributed by atoms with Gasteiger partial charge in [-0.15, -0.1) is 0 Å². The number of hydrogen-bond donors (Lipinski definition) is 0. The normalized spacial score (nSPS) is 11.5. The molecule has 0 fully saturated rings. The van der Waals surface area contributed by atoms with Crippen LogP contribution in [0.2, 0.25) is 0 Å². The summed E-state index contributed by atoms with van der Waals surface area (Å²) in [7, 11) is -3.46. The number of rotatable bonds is 11. The van der Waals surface area contributed by atoms with Crippen molar-refractivity contribution in [3.05, 3.63) is 29.8 Å². The van der Waals surface area contributed by atoms with E-state index in [4.69, 9.17) is 4.18 Å². The molecule has 4 heteroatoms.